The molecule has 1 aromatic rings. The van der Waals surface area contributed by atoms with Crippen LogP contribution < -0.4 is 5.32 Å². The molecule has 18 heavy (non-hydrogen) atoms. The number of carbonyl (C=O) groups excluding carboxylic acids is 1. The van der Waals surface area contributed by atoms with E-state index in [0.717, 1.165) is 28.6 Å². The molecule has 1 N–H and O–H groups in total. The second kappa shape index (κ2) is 5.11. The maximum Gasteiger partial charge on any atom is 0.244 e. The van der Waals surface area contributed by atoms with Crippen LogP contribution in [0.3, 0.4) is 0 Å². The Kier molecular flexibility index (Phi) is 3.72. The maximum absolute atomic E-state index is 12.3. The molecule has 1 saturated carbocycles. The molecule has 1 aliphatic carbocycles. The lowest BCUT2D eigenvalue weighted by Gasteiger charge is -2.20. The fourth-order valence-electron chi connectivity index (χ4n) is 2.34. The van der Waals surface area contributed by atoms with Crippen LogP contribution in [0.1, 0.15) is 31.2 Å². The molecule has 4 heteroatoms. The molecule has 0 bridgehead atoms. The summed E-state index contributed by atoms with van der Waals surface area (Å²) < 4.78 is 0.917. The first kappa shape index (κ1) is 13.1. The van der Waals surface area contributed by atoms with Gasteiger partial charge in [0.05, 0.1) is 6.07 Å². The minimum absolute atomic E-state index is 0.163. The van der Waals surface area contributed by atoms with Crippen LogP contribution in [0.2, 0.25) is 0 Å². The third kappa shape index (κ3) is 2.41. The van der Waals surface area contributed by atoms with E-state index in [2.05, 4.69) is 27.3 Å². The number of rotatable bonds is 2. The van der Waals surface area contributed by atoms with Crippen molar-refractivity contribution in [3.63, 3.8) is 0 Å². The van der Waals surface area contributed by atoms with Crippen LogP contribution in [0.4, 0.5) is 5.69 Å². The van der Waals surface area contributed by atoms with Gasteiger partial charge in [0.2, 0.25) is 5.91 Å². The summed E-state index contributed by atoms with van der Waals surface area (Å²) in [6, 6.07) is 7.95. The lowest BCUT2D eigenvalue weighted by atomic mass is 9.87. The standard InChI is InChI=1S/C14H15BrN2O/c1-10-4-5-11(15)8-12(10)17-13(18)14(9-16)6-2-3-7-14/h4-5,8H,2-3,6-7H2,1H3,(H,17,18). The van der Waals surface area contributed by atoms with Gasteiger partial charge in [-0.3, -0.25) is 4.79 Å². The number of aryl methyl sites for hydroxylation is 1. The third-order valence-electron chi connectivity index (χ3n) is 3.55. The number of hydrogen-bond acceptors (Lipinski definition) is 2. The zero-order chi connectivity index (χ0) is 13.2. The Balaban J connectivity index is 2.21. The monoisotopic (exact) mass is 306 g/mol. The van der Waals surface area contributed by atoms with Crippen molar-refractivity contribution >= 4 is 27.5 Å². The van der Waals surface area contributed by atoms with Crippen molar-refractivity contribution in [2.24, 2.45) is 5.41 Å². The Bertz CT molecular complexity index is 513. The van der Waals surface area contributed by atoms with Crippen LogP contribution in [0.15, 0.2) is 22.7 Å². The number of nitrogens with zero attached hydrogens (tertiary/aromatic N) is 1. The zero-order valence-corrected chi connectivity index (χ0v) is 11.9. The molecule has 0 unspecified atom stereocenters. The van der Waals surface area contributed by atoms with Gasteiger partial charge in [-0.1, -0.05) is 34.8 Å². The van der Waals surface area contributed by atoms with E-state index in [4.69, 9.17) is 0 Å². The average Bonchev–Trinajstić information content (AvgIpc) is 2.84. The molecule has 0 heterocycles. The number of benzene rings is 1. The molecule has 94 valence electrons. The first-order valence-electron chi connectivity index (χ1n) is 6.06. The van der Waals surface area contributed by atoms with Gasteiger partial charge in [0.15, 0.2) is 0 Å². The highest BCUT2D eigenvalue weighted by atomic mass is 79.9. The molecule has 3 nitrogen and oxygen atoms in total. The van der Waals surface area contributed by atoms with Crippen LogP contribution in [-0.4, -0.2) is 5.91 Å². The normalized spacial score (nSPS) is 17.2. The van der Waals surface area contributed by atoms with Gasteiger partial charge < -0.3 is 5.32 Å². The lowest BCUT2D eigenvalue weighted by Crippen LogP contribution is -2.32. The summed E-state index contributed by atoms with van der Waals surface area (Å²) in [7, 11) is 0. The molecular formula is C14H15BrN2O. The van der Waals surface area contributed by atoms with Crippen molar-refractivity contribution in [1.82, 2.24) is 0 Å². The number of hydrogen-bond donors (Lipinski definition) is 1. The van der Waals surface area contributed by atoms with Crippen LogP contribution in [0.25, 0.3) is 0 Å². The van der Waals surface area contributed by atoms with Crippen LogP contribution in [0, 0.1) is 23.7 Å². The molecule has 1 aliphatic rings. The van der Waals surface area contributed by atoms with Gasteiger partial charge in [0, 0.05) is 10.2 Å². The number of nitrogens with one attached hydrogen (secondary N) is 1. The minimum atomic E-state index is -0.825. The average molecular weight is 307 g/mol. The Hall–Kier alpha value is -1.34. The van der Waals surface area contributed by atoms with Crippen molar-refractivity contribution in [1.29, 1.82) is 5.26 Å². The van der Waals surface area contributed by atoms with E-state index in [1.807, 2.05) is 25.1 Å². The predicted molar refractivity (Wildman–Crippen MR) is 74.0 cm³/mol. The zero-order valence-electron chi connectivity index (χ0n) is 10.3. The quantitative estimate of drug-likeness (QED) is 0.904. The number of anilines is 1. The van der Waals surface area contributed by atoms with Crippen molar-refractivity contribution < 1.29 is 4.79 Å². The van der Waals surface area contributed by atoms with Gasteiger partial charge in [-0.05, 0) is 37.5 Å². The van der Waals surface area contributed by atoms with E-state index in [1.54, 1.807) is 0 Å². The summed E-state index contributed by atoms with van der Waals surface area (Å²) in [5.41, 5.74) is 0.947. The second-order valence-electron chi connectivity index (χ2n) is 4.81. The molecule has 0 spiro atoms. The Morgan fingerprint density at radius 2 is 2.11 bits per heavy atom. The van der Waals surface area contributed by atoms with Crippen LogP contribution in [0.5, 0.6) is 0 Å². The van der Waals surface area contributed by atoms with Crippen molar-refractivity contribution in [3.8, 4) is 6.07 Å². The first-order valence-corrected chi connectivity index (χ1v) is 6.85. The van der Waals surface area contributed by atoms with E-state index in [0.29, 0.717) is 12.8 Å². The predicted octanol–water partition coefficient (Wildman–Crippen LogP) is 3.78. The molecule has 0 aromatic heterocycles. The van der Waals surface area contributed by atoms with Gasteiger partial charge in [-0.15, -0.1) is 0 Å². The van der Waals surface area contributed by atoms with Crippen molar-refractivity contribution in [2.75, 3.05) is 5.32 Å². The molecule has 0 saturated heterocycles. The van der Waals surface area contributed by atoms with Gasteiger partial charge in [-0.2, -0.15) is 5.26 Å². The topological polar surface area (TPSA) is 52.9 Å². The fraction of sp³-hybridized carbons (Fsp3) is 0.429. The Morgan fingerprint density at radius 1 is 1.44 bits per heavy atom. The summed E-state index contributed by atoms with van der Waals surface area (Å²) in [5.74, 6) is -0.163. The van der Waals surface area contributed by atoms with E-state index in [-0.39, 0.29) is 5.91 Å². The molecule has 1 amide bonds. The molecule has 1 fully saturated rings. The highest BCUT2D eigenvalue weighted by Crippen LogP contribution is 2.38. The summed E-state index contributed by atoms with van der Waals surface area (Å²) in [6.45, 7) is 1.94. The number of amides is 1. The first-order chi connectivity index (χ1) is 8.57. The van der Waals surface area contributed by atoms with Gasteiger partial charge in [0.1, 0.15) is 5.41 Å². The van der Waals surface area contributed by atoms with E-state index >= 15 is 0 Å². The van der Waals surface area contributed by atoms with Crippen molar-refractivity contribution in [3.05, 3.63) is 28.2 Å². The second-order valence-corrected chi connectivity index (χ2v) is 5.73. The number of halogens is 1. The molecule has 0 aliphatic heterocycles. The SMILES string of the molecule is Cc1ccc(Br)cc1NC(=O)C1(C#N)CCCC1. The summed E-state index contributed by atoms with van der Waals surface area (Å²) in [5, 5.41) is 12.2. The van der Waals surface area contributed by atoms with Crippen LogP contribution in [-0.2, 0) is 4.79 Å². The molecule has 0 atom stereocenters. The molecule has 0 radical (unpaired) electrons. The van der Waals surface area contributed by atoms with E-state index < -0.39 is 5.41 Å². The van der Waals surface area contributed by atoms with Crippen LogP contribution >= 0.6 is 15.9 Å². The maximum atomic E-state index is 12.3. The molecule has 1 aromatic carbocycles. The Morgan fingerprint density at radius 3 is 2.72 bits per heavy atom. The number of carbonyl (C=O) groups is 1. The van der Waals surface area contributed by atoms with Crippen molar-refractivity contribution in [2.45, 2.75) is 32.6 Å². The third-order valence-corrected chi connectivity index (χ3v) is 4.05. The molecule has 2 rings (SSSR count). The Labute approximate surface area is 115 Å². The summed E-state index contributed by atoms with van der Waals surface area (Å²) >= 11 is 3.38. The number of nitriles is 1. The van der Waals surface area contributed by atoms with Gasteiger partial charge >= 0.3 is 0 Å². The minimum Gasteiger partial charge on any atom is -0.324 e. The fourth-order valence-corrected chi connectivity index (χ4v) is 2.70. The lowest BCUT2D eigenvalue weighted by molar-refractivity contribution is -0.122. The highest BCUT2D eigenvalue weighted by molar-refractivity contribution is 9.10. The molecular weight excluding hydrogens is 292 g/mol. The van der Waals surface area contributed by atoms with E-state index in [9.17, 15) is 10.1 Å². The van der Waals surface area contributed by atoms with E-state index in [1.165, 1.54) is 0 Å². The van der Waals surface area contributed by atoms with Gasteiger partial charge in [0.25, 0.3) is 0 Å². The highest BCUT2D eigenvalue weighted by Gasteiger charge is 2.41. The smallest absolute Gasteiger partial charge is 0.244 e. The summed E-state index contributed by atoms with van der Waals surface area (Å²) in [6.07, 6.45) is 3.25. The largest absolute Gasteiger partial charge is 0.324 e. The summed E-state index contributed by atoms with van der Waals surface area (Å²) in [4.78, 5) is 12.3. The van der Waals surface area contributed by atoms with Gasteiger partial charge in [-0.25, -0.2) is 0 Å².